The van der Waals surface area contributed by atoms with Gasteiger partial charge < -0.3 is 19.2 Å². The molecule has 3 aromatic rings. The van der Waals surface area contributed by atoms with E-state index in [9.17, 15) is 13.2 Å². The van der Waals surface area contributed by atoms with Crippen LogP contribution in [0.5, 0.6) is 0 Å². The fraction of sp³-hybridized carbons (Fsp3) is 0.409. The summed E-state index contributed by atoms with van der Waals surface area (Å²) in [5.74, 6) is 0.0892. The summed E-state index contributed by atoms with van der Waals surface area (Å²) in [7, 11) is -1.70. The summed E-state index contributed by atoms with van der Waals surface area (Å²) in [5.41, 5.74) is 3.67. The van der Waals surface area contributed by atoms with Gasteiger partial charge in [0.05, 0.1) is 19.0 Å². The molecule has 0 spiro atoms. The molecule has 0 atom stereocenters. The van der Waals surface area contributed by atoms with E-state index in [1.165, 1.54) is 0 Å². The van der Waals surface area contributed by atoms with Crippen molar-refractivity contribution in [3.63, 3.8) is 0 Å². The Morgan fingerprint density at radius 1 is 1.16 bits per heavy atom. The number of H-pyrrole nitrogens is 1. The third kappa shape index (κ3) is 4.47. The molecule has 8 nitrogen and oxygen atoms in total. The number of nitrogens with one attached hydrogen (secondary N) is 2. The molecule has 1 fully saturated rings. The lowest BCUT2D eigenvalue weighted by Crippen LogP contribution is -2.36. The number of benzene rings is 1. The van der Waals surface area contributed by atoms with Crippen molar-refractivity contribution in [3.8, 4) is 11.1 Å². The Morgan fingerprint density at radius 2 is 1.94 bits per heavy atom. The molecule has 166 valence electrons. The minimum Gasteiger partial charge on any atom is -0.378 e. The highest BCUT2D eigenvalue weighted by Gasteiger charge is 2.20. The summed E-state index contributed by atoms with van der Waals surface area (Å²) in [6, 6.07) is 7.49. The lowest BCUT2D eigenvalue weighted by atomic mass is 10.00. The Kier molecular flexibility index (Phi) is 6.06. The number of nitrogens with zero attached hydrogens (tertiary/aromatic N) is 2. The lowest BCUT2D eigenvalue weighted by molar-refractivity contribution is 0.123. The molecule has 9 heteroatoms. The first kappa shape index (κ1) is 21.5. The van der Waals surface area contributed by atoms with Crippen LogP contribution in [-0.2, 0) is 21.8 Å². The Balaban J connectivity index is 1.85. The highest BCUT2D eigenvalue weighted by Crippen LogP contribution is 2.37. The minimum absolute atomic E-state index is 0.0892. The highest BCUT2D eigenvalue weighted by molar-refractivity contribution is 7.92. The molecule has 4 rings (SSSR count). The first-order valence-electron chi connectivity index (χ1n) is 10.5. The van der Waals surface area contributed by atoms with Crippen molar-refractivity contribution < 1.29 is 13.2 Å². The van der Waals surface area contributed by atoms with E-state index >= 15 is 0 Å². The number of rotatable bonds is 7. The predicted octanol–water partition coefficient (Wildman–Crippen LogP) is 2.91. The smallest absolute Gasteiger partial charge is 0.274 e. The van der Waals surface area contributed by atoms with Gasteiger partial charge in [0.1, 0.15) is 5.52 Å². The molecule has 2 N–H and O–H groups in total. The standard InChI is InChI=1S/C22H28N4O4S/c1-3-4-13-31(28,29)24-16-5-6-20(26-9-11-30-12-10-26)18(14-16)19-15-25(2)22(27)21-17(19)7-8-23-21/h5-8,14-15,23-24H,3-4,9-13H2,1-2H3. The quantitative estimate of drug-likeness (QED) is 0.584. The van der Waals surface area contributed by atoms with E-state index in [-0.39, 0.29) is 11.3 Å². The summed E-state index contributed by atoms with van der Waals surface area (Å²) < 4.78 is 34.7. The van der Waals surface area contributed by atoms with Gasteiger partial charge in [-0.3, -0.25) is 9.52 Å². The van der Waals surface area contributed by atoms with Crippen molar-refractivity contribution in [2.45, 2.75) is 19.8 Å². The predicted molar refractivity (Wildman–Crippen MR) is 124 cm³/mol. The average molecular weight is 445 g/mol. The number of pyridine rings is 1. The van der Waals surface area contributed by atoms with E-state index in [0.717, 1.165) is 41.7 Å². The molecule has 0 saturated carbocycles. The van der Waals surface area contributed by atoms with Crippen LogP contribution in [-0.4, -0.2) is 50.0 Å². The molecular formula is C22H28N4O4S. The Labute approximate surface area is 181 Å². The zero-order chi connectivity index (χ0) is 22.0. The number of anilines is 2. The Bertz CT molecular complexity index is 1240. The van der Waals surface area contributed by atoms with Crippen LogP contribution in [0.2, 0.25) is 0 Å². The van der Waals surface area contributed by atoms with Crippen LogP contribution in [0.25, 0.3) is 22.0 Å². The third-order valence-corrected chi connectivity index (χ3v) is 6.95. The van der Waals surface area contributed by atoms with Gasteiger partial charge in [-0.25, -0.2) is 8.42 Å². The first-order chi connectivity index (χ1) is 14.9. The molecule has 31 heavy (non-hydrogen) atoms. The molecule has 1 aliphatic heterocycles. The minimum atomic E-state index is -3.42. The van der Waals surface area contributed by atoms with E-state index < -0.39 is 10.0 Å². The van der Waals surface area contributed by atoms with Gasteiger partial charge in [-0.1, -0.05) is 13.3 Å². The number of ether oxygens (including phenoxy) is 1. The molecule has 2 aromatic heterocycles. The van der Waals surface area contributed by atoms with E-state index in [4.69, 9.17) is 4.74 Å². The number of unbranched alkanes of at least 4 members (excludes halogenated alkanes) is 1. The van der Waals surface area contributed by atoms with Gasteiger partial charge in [0.25, 0.3) is 5.56 Å². The maximum atomic E-state index is 12.5. The van der Waals surface area contributed by atoms with Gasteiger partial charge in [0.15, 0.2) is 0 Å². The Hall–Kier alpha value is -2.78. The van der Waals surface area contributed by atoms with Crippen molar-refractivity contribution in [2.24, 2.45) is 7.05 Å². The number of aromatic amines is 1. The van der Waals surface area contributed by atoms with Crippen LogP contribution in [0.4, 0.5) is 11.4 Å². The molecule has 0 unspecified atom stereocenters. The molecule has 1 aliphatic rings. The summed E-state index contributed by atoms with van der Waals surface area (Å²) >= 11 is 0. The van der Waals surface area contributed by atoms with Crippen molar-refractivity contribution >= 4 is 32.3 Å². The van der Waals surface area contributed by atoms with Crippen molar-refractivity contribution in [1.82, 2.24) is 9.55 Å². The summed E-state index contributed by atoms with van der Waals surface area (Å²) in [6.07, 6.45) is 4.99. The zero-order valence-electron chi connectivity index (χ0n) is 17.8. The molecule has 1 aromatic carbocycles. The van der Waals surface area contributed by atoms with Crippen molar-refractivity contribution in [2.75, 3.05) is 41.7 Å². The summed E-state index contributed by atoms with van der Waals surface area (Å²) in [4.78, 5) is 17.8. The first-order valence-corrected chi connectivity index (χ1v) is 12.2. The second-order valence-electron chi connectivity index (χ2n) is 7.83. The van der Waals surface area contributed by atoms with E-state index in [0.29, 0.717) is 30.8 Å². The third-order valence-electron chi connectivity index (χ3n) is 5.57. The van der Waals surface area contributed by atoms with Gasteiger partial charge >= 0.3 is 0 Å². The normalized spacial score (nSPS) is 14.8. The SMILES string of the molecule is CCCCS(=O)(=O)Nc1ccc(N2CCOCC2)c(-c2cn(C)c(=O)c3[nH]ccc23)c1. The van der Waals surface area contributed by atoms with Gasteiger partial charge in [0.2, 0.25) is 10.0 Å². The van der Waals surface area contributed by atoms with Gasteiger partial charge in [-0.05, 0) is 30.7 Å². The number of hydrogen-bond donors (Lipinski definition) is 2. The second-order valence-corrected chi connectivity index (χ2v) is 9.67. The molecule has 0 bridgehead atoms. The highest BCUT2D eigenvalue weighted by atomic mass is 32.2. The number of hydrogen-bond acceptors (Lipinski definition) is 5. The molecule has 0 aliphatic carbocycles. The van der Waals surface area contributed by atoms with Gasteiger partial charge in [-0.15, -0.1) is 0 Å². The average Bonchev–Trinajstić information content (AvgIpc) is 3.25. The molecule has 0 amide bonds. The van der Waals surface area contributed by atoms with Gasteiger partial charge in [-0.2, -0.15) is 0 Å². The molecular weight excluding hydrogens is 416 g/mol. The van der Waals surface area contributed by atoms with E-state index in [1.54, 1.807) is 23.9 Å². The maximum absolute atomic E-state index is 12.5. The van der Waals surface area contributed by atoms with Gasteiger partial charge in [0, 0.05) is 60.4 Å². The summed E-state index contributed by atoms with van der Waals surface area (Å²) in [6.45, 7) is 4.73. The fourth-order valence-electron chi connectivity index (χ4n) is 3.94. The lowest BCUT2D eigenvalue weighted by Gasteiger charge is -2.31. The number of sulfonamides is 1. The van der Waals surface area contributed by atoms with E-state index in [1.807, 2.05) is 31.3 Å². The van der Waals surface area contributed by atoms with Crippen LogP contribution >= 0.6 is 0 Å². The van der Waals surface area contributed by atoms with Crippen LogP contribution in [0.3, 0.4) is 0 Å². The van der Waals surface area contributed by atoms with Crippen LogP contribution < -0.4 is 15.2 Å². The Morgan fingerprint density at radius 3 is 2.68 bits per heavy atom. The number of aromatic nitrogens is 2. The van der Waals surface area contributed by atoms with Crippen LogP contribution in [0.15, 0.2) is 41.5 Å². The largest absolute Gasteiger partial charge is 0.378 e. The second kappa shape index (κ2) is 8.76. The molecule has 1 saturated heterocycles. The monoisotopic (exact) mass is 444 g/mol. The topological polar surface area (TPSA) is 96.4 Å². The van der Waals surface area contributed by atoms with E-state index in [2.05, 4.69) is 14.6 Å². The van der Waals surface area contributed by atoms with Crippen molar-refractivity contribution in [1.29, 1.82) is 0 Å². The molecule has 3 heterocycles. The number of aryl methyl sites for hydroxylation is 1. The number of fused-ring (bicyclic) bond motifs is 1. The van der Waals surface area contributed by atoms with Crippen LogP contribution in [0, 0.1) is 0 Å². The number of morpholine rings is 1. The molecule has 0 radical (unpaired) electrons. The van der Waals surface area contributed by atoms with Crippen molar-refractivity contribution in [3.05, 3.63) is 47.0 Å². The van der Waals surface area contributed by atoms with Crippen LogP contribution in [0.1, 0.15) is 19.8 Å². The summed E-state index contributed by atoms with van der Waals surface area (Å²) in [5, 5.41) is 0.809. The fourth-order valence-corrected chi connectivity index (χ4v) is 5.20. The maximum Gasteiger partial charge on any atom is 0.274 e. The zero-order valence-corrected chi connectivity index (χ0v) is 18.7.